The molecule has 8 heteroatoms. The van der Waals surface area contributed by atoms with E-state index in [1.165, 1.54) is 10.4 Å². The van der Waals surface area contributed by atoms with Crippen molar-refractivity contribution in [1.29, 1.82) is 0 Å². The lowest BCUT2D eigenvalue weighted by molar-refractivity contribution is 0.0946. The van der Waals surface area contributed by atoms with Crippen molar-refractivity contribution in [2.75, 3.05) is 13.1 Å². The smallest absolute Gasteiger partial charge is 0.254 e. The number of carbonyl (C=O) groups is 1. The van der Waals surface area contributed by atoms with Gasteiger partial charge in [0.05, 0.1) is 10.5 Å². The number of halogens is 2. The van der Waals surface area contributed by atoms with Crippen molar-refractivity contribution < 1.29 is 17.6 Å². The highest BCUT2D eigenvalue weighted by atomic mass is 79.9. The van der Waals surface area contributed by atoms with Crippen molar-refractivity contribution in [3.8, 4) is 0 Å². The molecular formula is C18H20BrFN2O3S. The molecule has 2 aromatic carbocycles. The maximum atomic E-state index is 14.1. The predicted octanol–water partition coefficient (Wildman–Crippen LogP) is 3.55. The fourth-order valence-corrected chi connectivity index (χ4v) is 4.41. The summed E-state index contributed by atoms with van der Waals surface area (Å²) < 4.78 is 41.3. The zero-order valence-electron chi connectivity index (χ0n) is 14.5. The number of nitrogens with zero attached hydrogens (tertiary/aromatic N) is 1. The van der Waals surface area contributed by atoms with E-state index in [4.69, 9.17) is 0 Å². The van der Waals surface area contributed by atoms with Crippen LogP contribution in [0.4, 0.5) is 4.39 Å². The number of nitrogens with one attached hydrogen (secondary N) is 1. The molecule has 0 aliphatic heterocycles. The minimum atomic E-state index is -3.77. The fraction of sp³-hybridized carbons (Fsp3) is 0.278. The molecule has 0 unspecified atom stereocenters. The second kappa shape index (κ2) is 8.75. The van der Waals surface area contributed by atoms with Crippen LogP contribution in [-0.4, -0.2) is 31.7 Å². The second-order valence-electron chi connectivity index (χ2n) is 5.54. The lowest BCUT2D eigenvalue weighted by atomic mass is 10.2. The molecule has 5 nitrogen and oxygen atoms in total. The van der Waals surface area contributed by atoms with Crippen LogP contribution in [0.25, 0.3) is 0 Å². The van der Waals surface area contributed by atoms with Crippen molar-refractivity contribution in [1.82, 2.24) is 9.62 Å². The monoisotopic (exact) mass is 442 g/mol. The Morgan fingerprint density at radius 3 is 2.46 bits per heavy atom. The third-order valence-corrected chi connectivity index (χ3v) is 6.41. The molecule has 0 radical (unpaired) electrons. The minimum Gasteiger partial charge on any atom is -0.348 e. The maximum absolute atomic E-state index is 14.1. The summed E-state index contributed by atoms with van der Waals surface area (Å²) in [6.07, 6.45) is 0. The van der Waals surface area contributed by atoms with E-state index in [0.29, 0.717) is 13.1 Å². The summed E-state index contributed by atoms with van der Waals surface area (Å²) in [4.78, 5) is 12.2. The van der Waals surface area contributed by atoms with Crippen LogP contribution in [0.3, 0.4) is 0 Å². The molecule has 26 heavy (non-hydrogen) atoms. The van der Waals surface area contributed by atoms with E-state index in [0.717, 1.165) is 22.2 Å². The van der Waals surface area contributed by atoms with Crippen LogP contribution in [0.1, 0.15) is 29.8 Å². The maximum Gasteiger partial charge on any atom is 0.254 e. The van der Waals surface area contributed by atoms with Gasteiger partial charge in [-0.1, -0.05) is 41.9 Å². The van der Waals surface area contributed by atoms with Crippen molar-refractivity contribution >= 4 is 31.9 Å². The summed E-state index contributed by atoms with van der Waals surface area (Å²) in [6, 6.07) is 10.6. The molecule has 0 aliphatic carbocycles. The fourth-order valence-electron chi connectivity index (χ4n) is 2.48. The molecule has 0 aromatic heterocycles. The molecule has 2 rings (SSSR count). The zero-order valence-corrected chi connectivity index (χ0v) is 16.9. The quantitative estimate of drug-likeness (QED) is 0.712. The number of hydrogen-bond donors (Lipinski definition) is 1. The van der Waals surface area contributed by atoms with Gasteiger partial charge in [-0.05, 0) is 35.9 Å². The summed E-state index contributed by atoms with van der Waals surface area (Å²) in [5.74, 6) is -1.44. The molecule has 1 N–H and O–H groups in total. The lowest BCUT2D eigenvalue weighted by Gasteiger charge is -2.19. The first kappa shape index (κ1) is 20.5. The van der Waals surface area contributed by atoms with E-state index in [1.54, 1.807) is 13.8 Å². The summed E-state index contributed by atoms with van der Waals surface area (Å²) in [7, 11) is -3.77. The number of rotatable bonds is 7. The summed E-state index contributed by atoms with van der Waals surface area (Å²) in [5, 5.41) is 2.61. The van der Waals surface area contributed by atoms with Crippen molar-refractivity contribution in [3.63, 3.8) is 0 Å². The number of sulfonamides is 1. The largest absolute Gasteiger partial charge is 0.348 e. The normalized spacial score (nSPS) is 11.6. The van der Waals surface area contributed by atoms with Crippen LogP contribution in [0.5, 0.6) is 0 Å². The van der Waals surface area contributed by atoms with Gasteiger partial charge >= 0.3 is 0 Å². The molecule has 0 bridgehead atoms. The summed E-state index contributed by atoms with van der Waals surface area (Å²) >= 11 is 3.34. The van der Waals surface area contributed by atoms with Gasteiger partial charge in [0.15, 0.2) is 0 Å². The third-order valence-electron chi connectivity index (χ3n) is 3.87. The standard InChI is InChI=1S/C18H20BrFN2O3S/c1-3-22(4-2)26(24,25)15-8-9-17(20)16(11-15)18(23)21-12-13-6-5-7-14(19)10-13/h5-11H,3-4,12H2,1-2H3,(H,21,23). The van der Waals surface area contributed by atoms with Crippen LogP contribution in [-0.2, 0) is 16.6 Å². The van der Waals surface area contributed by atoms with Crippen molar-refractivity contribution in [2.45, 2.75) is 25.3 Å². The van der Waals surface area contributed by atoms with Crippen LogP contribution >= 0.6 is 15.9 Å². The Balaban J connectivity index is 2.25. The van der Waals surface area contributed by atoms with E-state index in [2.05, 4.69) is 21.2 Å². The first-order valence-electron chi connectivity index (χ1n) is 8.12. The summed E-state index contributed by atoms with van der Waals surface area (Å²) in [5.41, 5.74) is 0.535. The van der Waals surface area contributed by atoms with Gasteiger partial charge in [0.25, 0.3) is 5.91 Å². The minimum absolute atomic E-state index is 0.102. The molecule has 0 aliphatic rings. The Morgan fingerprint density at radius 1 is 1.15 bits per heavy atom. The van der Waals surface area contributed by atoms with Gasteiger partial charge in [-0.15, -0.1) is 0 Å². The van der Waals surface area contributed by atoms with E-state index in [1.807, 2.05) is 24.3 Å². The molecular weight excluding hydrogens is 423 g/mol. The van der Waals surface area contributed by atoms with Gasteiger partial charge in [-0.25, -0.2) is 12.8 Å². The molecule has 0 heterocycles. The Hall–Kier alpha value is -1.77. The lowest BCUT2D eigenvalue weighted by Crippen LogP contribution is -2.31. The van der Waals surface area contributed by atoms with E-state index >= 15 is 0 Å². The third kappa shape index (κ3) is 4.69. The van der Waals surface area contributed by atoms with Gasteiger partial charge < -0.3 is 5.32 Å². The average Bonchev–Trinajstić information content (AvgIpc) is 2.60. The van der Waals surface area contributed by atoms with Crippen molar-refractivity contribution in [2.24, 2.45) is 0 Å². The first-order valence-corrected chi connectivity index (χ1v) is 10.3. The Kier molecular flexibility index (Phi) is 6.91. The highest BCUT2D eigenvalue weighted by Gasteiger charge is 2.24. The zero-order chi connectivity index (χ0) is 19.3. The predicted molar refractivity (Wildman–Crippen MR) is 102 cm³/mol. The average molecular weight is 443 g/mol. The molecule has 0 atom stereocenters. The van der Waals surface area contributed by atoms with Gasteiger partial charge in [-0.3, -0.25) is 4.79 Å². The van der Waals surface area contributed by atoms with Crippen LogP contribution < -0.4 is 5.32 Å². The van der Waals surface area contributed by atoms with Crippen LogP contribution in [0.15, 0.2) is 51.8 Å². The van der Waals surface area contributed by atoms with Gasteiger partial charge in [0.1, 0.15) is 5.82 Å². The molecule has 1 amide bonds. The van der Waals surface area contributed by atoms with Crippen LogP contribution in [0, 0.1) is 5.82 Å². The number of amides is 1. The Labute approximate surface area is 161 Å². The molecule has 0 fully saturated rings. The number of benzene rings is 2. The first-order chi connectivity index (χ1) is 12.3. The molecule has 0 spiro atoms. The van der Waals surface area contributed by atoms with E-state index in [9.17, 15) is 17.6 Å². The molecule has 2 aromatic rings. The Morgan fingerprint density at radius 2 is 1.85 bits per heavy atom. The second-order valence-corrected chi connectivity index (χ2v) is 8.40. The summed E-state index contributed by atoms with van der Waals surface area (Å²) in [6.45, 7) is 4.22. The highest BCUT2D eigenvalue weighted by Crippen LogP contribution is 2.19. The molecule has 140 valence electrons. The van der Waals surface area contributed by atoms with E-state index in [-0.39, 0.29) is 17.0 Å². The van der Waals surface area contributed by atoms with Gasteiger partial charge in [0, 0.05) is 24.1 Å². The van der Waals surface area contributed by atoms with E-state index < -0.39 is 21.7 Å². The highest BCUT2D eigenvalue weighted by molar-refractivity contribution is 9.10. The van der Waals surface area contributed by atoms with Crippen LogP contribution in [0.2, 0.25) is 0 Å². The van der Waals surface area contributed by atoms with Gasteiger partial charge in [-0.2, -0.15) is 4.31 Å². The number of hydrogen-bond acceptors (Lipinski definition) is 3. The van der Waals surface area contributed by atoms with Crippen molar-refractivity contribution in [3.05, 3.63) is 63.9 Å². The Bertz CT molecular complexity index is 899. The molecule has 0 saturated heterocycles. The topological polar surface area (TPSA) is 66.5 Å². The number of carbonyl (C=O) groups excluding carboxylic acids is 1. The molecule has 0 saturated carbocycles. The van der Waals surface area contributed by atoms with Gasteiger partial charge in [0.2, 0.25) is 10.0 Å². The SMILES string of the molecule is CCN(CC)S(=O)(=O)c1ccc(F)c(C(=O)NCc2cccc(Br)c2)c1.